The van der Waals surface area contributed by atoms with Crippen LogP contribution < -0.4 is 10.1 Å². The number of hydrogen-bond acceptors (Lipinski definition) is 2. The number of rotatable bonds is 4. The van der Waals surface area contributed by atoms with Gasteiger partial charge in [0.25, 0.3) is 5.91 Å². The summed E-state index contributed by atoms with van der Waals surface area (Å²) in [5.74, 6) is 0.991. The first-order chi connectivity index (χ1) is 11.2. The minimum atomic E-state index is -0.278. The molecule has 0 saturated heterocycles. The summed E-state index contributed by atoms with van der Waals surface area (Å²) < 4.78 is 5.83. The lowest BCUT2D eigenvalue weighted by molar-refractivity contribution is 0.102. The number of amides is 1. The fourth-order valence-electron chi connectivity index (χ4n) is 2.11. The zero-order valence-electron chi connectivity index (χ0n) is 12.2. The van der Waals surface area contributed by atoms with Crippen molar-refractivity contribution in [1.29, 1.82) is 0 Å². The molecular formula is C19H14ClNO2. The number of anilines is 1. The van der Waals surface area contributed by atoms with E-state index in [1.165, 1.54) is 0 Å². The van der Waals surface area contributed by atoms with Gasteiger partial charge in [-0.25, -0.2) is 0 Å². The van der Waals surface area contributed by atoms with E-state index in [0.717, 1.165) is 0 Å². The molecule has 0 bridgehead atoms. The lowest BCUT2D eigenvalue weighted by Gasteiger charge is -2.12. The van der Waals surface area contributed by atoms with Crippen molar-refractivity contribution in [2.75, 3.05) is 5.32 Å². The lowest BCUT2D eigenvalue weighted by Crippen LogP contribution is -2.13. The van der Waals surface area contributed by atoms with E-state index in [9.17, 15) is 4.79 Å². The molecular weight excluding hydrogens is 310 g/mol. The molecule has 0 aromatic heterocycles. The third kappa shape index (κ3) is 3.71. The summed E-state index contributed by atoms with van der Waals surface area (Å²) in [5, 5.41) is 3.25. The van der Waals surface area contributed by atoms with Gasteiger partial charge in [-0.1, -0.05) is 54.1 Å². The van der Waals surface area contributed by atoms with Gasteiger partial charge in [-0.05, 0) is 36.4 Å². The second-order valence-corrected chi connectivity index (χ2v) is 5.25. The summed E-state index contributed by atoms with van der Waals surface area (Å²) >= 11 is 6.06. The van der Waals surface area contributed by atoms with E-state index in [1.54, 1.807) is 36.4 Å². The van der Waals surface area contributed by atoms with Crippen molar-refractivity contribution in [3.8, 4) is 11.5 Å². The quantitative estimate of drug-likeness (QED) is 0.699. The van der Waals surface area contributed by atoms with E-state index in [4.69, 9.17) is 16.3 Å². The molecule has 3 aromatic rings. The van der Waals surface area contributed by atoms with Crippen LogP contribution in [0.25, 0.3) is 0 Å². The number of para-hydroxylation sites is 3. The van der Waals surface area contributed by atoms with Crippen molar-refractivity contribution in [3.63, 3.8) is 0 Å². The van der Waals surface area contributed by atoms with Crippen molar-refractivity contribution in [2.24, 2.45) is 0 Å². The van der Waals surface area contributed by atoms with Crippen molar-refractivity contribution in [3.05, 3.63) is 89.4 Å². The van der Waals surface area contributed by atoms with Crippen LogP contribution in [0.15, 0.2) is 78.9 Å². The third-order valence-corrected chi connectivity index (χ3v) is 3.55. The van der Waals surface area contributed by atoms with Gasteiger partial charge in [0.15, 0.2) is 5.75 Å². The maximum atomic E-state index is 12.4. The van der Waals surface area contributed by atoms with Gasteiger partial charge in [0.05, 0.1) is 16.3 Å². The predicted octanol–water partition coefficient (Wildman–Crippen LogP) is 5.38. The Kier molecular flexibility index (Phi) is 4.60. The Morgan fingerprint density at radius 3 is 2.26 bits per heavy atom. The molecule has 1 N–H and O–H groups in total. The van der Waals surface area contributed by atoms with Crippen LogP contribution in [0.2, 0.25) is 5.02 Å². The maximum Gasteiger partial charge on any atom is 0.257 e. The molecule has 3 nitrogen and oxygen atoms in total. The summed E-state index contributed by atoms with van der Waals surface area (Å²) in [5.41, 5.74) is 1.00. The van der Waals surface area contributed by atoms with Crippen LogP contribution in [0.3, 0.4) is 0 Å². The standard InChI is InChI=1S/C19H14ClNO2/c20-16-11-5-4-10-15(16)19(22)21-17-12-6-7-13-18(17)23-14-8-2-1-3-9-14/h1-13H,(H,21,22). The molecule has 3 rings (SSSR count). The summed E-state index contributed by atoms with van der Waals surface area (Å²) in [6.07, 6.45) is 0. The molecule has 0 aliphatic heterocycles. The van der Waals surface area contributed by atoms with Gasteiger partial charge in [0.1, 0.15) is 5.75 Å². The summed E-state index contributed by atoms with van der Waals surface area (Å²) in [6.45, 7) is 0. The lowest BCUT2D eigenvalue weighted by atomic mass is 10.2. The van der Waals surface area contributed by atoms with Crippen molar-refractivity contribution < 1.29 is 9.53 Å². The van der Waals surface area contributed by atoms with Crippen LogP contribution in [0.1, 0.15) is 10.4 Å². The van der Waals surface area contributed by atoms with E-state index in [-0.39, 0.29) is 5.91 Å². The first kappa shape index (κ1) is 15.1. The van der Waals surface area contributed by atoms with Crippen LogP contribution in [0, 0.1) is 0 Å². The molecule has 114 valence electrons. The zero-order chi connectivity index (χ0) is 16.1. The molecule has 1 amide bonds. The first-order valence-corrected chi connectivity index (χ1v) is 7.49. The minimum absolute atomic E-state index is 0.278. The average Bonchev–Trinajstić information content (AvgIpc) is 2.58. The number of carbonyl (C=O) groups excluding carboxylic acids is 1. The van der Waals surface area contributed by atoms with Gasteiger partial charge in [-0.2, -0.15) is 0 Å². The maximum absolute atomic E-state index is 12.4. The summed E-state index contributed by atoms with van der Waals surface area (Å²) in [7, 11) is 0. The van der Waals surface area contributed by atoms with E-state index >= 15 is 0 Å². The number of carbonyl (C=O) groups is 1. The number of halogens is 1. The molecule has 23 heavy (non-hydrogen) atoms. The molecule has 0 heterocycles. The first-order valence-electron chi connectivity index (χ1n) is 7.12. The van der Waals surface area contributed by atoms with E-state index in [2.05, 4.69) is 5.32 Å². The van der Waals surface area contributed by atoms with E-state index in [1.807, 2.05) is 42.5 Å². The normalized spacial score (nSPS) is 10.1. The fraction of sp³-hybridized carbons (Fsp3) is 0. The highest BCUT2D eigenvalue weighted by Gasteiger charge is 2.12. The minimum Gasteiger partial charge on any atom is -0.455 e. The summed E-state index contributed by atoms with van der Waals surface area (Å²) in [4.78, 5) is 12.4. The van der Waals surface area contributed by atoms with Gasteiger partial charge in [0.2, 0.25) is 0 Å². The number of ether oxygens (including phenoxy) is 1. The van der Waals surface area contributed by atoms with Crippen molar-refractivity contribution in [1.82, 2.24) is 0 Å². The Labute approximate surface area is 139 Å². The largest absolute Gasteiger partial charge is 0.455 e. The molecule has 0 fully saturated rings. The fourth-order valence-corrected chi connectivity index (χ4v) is 2.33. The molecule has 0 aliphatic rings. The number of benzene rings is 3. The number of hydrogen-bond donors (Lipinski definition) is 1. The van der Waals surface area contributed by atoms with Gasteiger partial charge >= 0.3 is 0 Å². The van der Waals surface area contributed by atoms with Gasteiger partial charge < -0.3 is 10.1 Å². The van der Waals surface area contributed by atoms with Crippen molar-refractivity contribution >= 4 is 23.2 Å². The molecule has 0 aliphatic carbocycles. The van der Waals surface area contributed by atoms with Crippen LogP contribution in [0.4, 0.5) is 5.69 Å². The van der Waals surface area contributed by atoms with E-state index < -0.39 is 0 Å². The average molecular weight is 324 g/mol. The zero-order valence-corrected chi connectivity index (χ0v) is 13.0. The van der Waals surface area contributed by atoms with Crippen molar-refractivity contribution in [2.45, 2.75) is 0 Å². The summed E-state index contributed by atoms with van der Waals surface area (Å²) in [6, 6.07) is 23.6. The topological polar surface area (TPSA) is 38.3 Å². The van der Waals surface area contributed by atoms with Gasteiger partial charge in [-0.15, -0.1) is 0 Å². The Morgan fingerprint density at radius 2 is 1.48 bits per heavy atom. The number of nitrogens with one attached hydrogen (secondary N) is 1. The monoisotopic (exact) mass is 323 g/mol. The Balaban J connectivity index is 1.84. The van der Waals surface area contributed by atoms with E-state index in [0.29, 0.717) is 27.8 Å². The third-order valence-electron chi connectivity index (χ3n) is 3.22. The van der Waals surface area contributed by atoms with Crippen LogP contribution >= 0.6 is 11.6 Å². The molecule has 0 atom stereocenters. The van der Waals surface area contributed by atoms with Crippen LogP contribution in [-0.2, 0) is 0 Å². The molecule has 3 aromatic carbocycles. The Bertz CT molecular complexity index is 818. The molecule has 0 unspecified atom stereocenters. The second-order valence-electron chi connectivity index (χ2n) is 4.85. The van der Waals surface area contributed by atoms with Crippen LogP contribution in [-0.4, -0.2) is 5.91 Å². The Hall–Kier alpha value is -2.78. The van der Waals surface area contributed by atoms with Crippen LogP contribution in [0.5, 0.6) is 11.5 Å². The molecule has 0 spiro atoms. The smallest absolute Gasteiger partial charge is 0.257 e. The van der Waals surface area contributed by atoms with Gasteiger partial charge in [-0.3, -0.25) is 4.79 Å². The van der Waals surface area contributed by atoms with Gasteiger partial charge in [0, 0.05) is 0 Å². The molecule has 0 saturated carbocycles. The molecule has 4 heteroatoms. The Morgan fingerprint density at radius 1 is 0.826 bits per heavy atom. The highest BCUT2D eigenvalue weighted by atomic mass is 35.5. The molecule has 0 radical (unpaired) electrons. The second kappa shape index (κ2) is 6.99. The predicted molar refractivity (Wildman–Crippen MR) is 92.4 cm³/mol. The SMILES string of the molecule is O=C(Nc1ccccc1Oc1ccccc1)c1ccccc1Cl. The highest BCUT2D eigenvalue weighted by Crippen LogP contribution is 2.29. The highest BCUT2D eigenvalue weighted by molar-refractivity contribution is 6.34.